The molecule has 1 heterocycles. The van der Waals surface area contributed by atoms with E-state index in [2.05, 4.69) is 44.8 Å². The number of hydrogen-bond donors (Lipinski definition) is 1. The Balaban J connectivity index is 2.53. The second-order valence-corrected chi connectivity index (χ2v) is 6.32. The molecule has 0 saturated carbocycles. The Bertz CT molecular complexity index is 195. The Morgan fingerprint density at radius 2 is 2.00 bits per heavy atom. The van der Waals surface area contributed by atoms with Crippen LogP contribution in [-0.4, -0.2) is 36.6 Å². The molecule has 0 aromatic carbocycles. The van der Waals surface area contributed by atoms with Crippen molar-refractivity contribution in [1.29, 1.82) is 0 Å². The highest BCUT2D eigenvalue weighted by atomic mass is 15.2. The number of likely N-dealkylation sites (N-methyl/N-ethyl adjacent to an activating group) is 1. The summed E-state index contributed by atoms with van der Waals surface area (Å²) in [6.45, 7) is 15.2. The fourth-order valence-electron chi connectivity index (χ4n) is 2.55. The van der Waals surface area contributed by atoms with E-state index in [1.54, 1.807) is 0 Å². The van der Waals surface area contributed by atoms with Gasteiger partial charge >= 0.3 is 0 Å². The monoisotopic (exact) mass is 226 g/mol. The Morgan fingerprint density at radius 1 is 1.31 bits per heavy atom. The molecule has 1 aliphatic heterocycles. The maximum atomic E-state index is 3.65. The third-order valence-electron chi connectivity index (χ3n) is 3.85. The summed E-state index contributed by atoms with van der Waals surface area (Å²) in [5.41, 5.74) is 0.354. The lowest BCUT2D eigenvalue weighted by Crippen LogP contribution is -2.51. The van der Waals surface area contributed by atoms with Crippen molar-refractivity contribution in [2.24, 2.45) is 5.41 Å². The third kappa shape index (κ3) is 4.06. The van der Waals surface area contributed by atoms with Crippen LogP contribution in [-0.2, 0) is 0 Å². The highest BCUT2D eigenvalue weighted by Gasteiger charge is 2.28. The van der Waals surface area contributed by atoms with Gasteiger partial charge in [0.1, 0.15) is 0 Å². The van der Waals surface area contributed by atoms with Gasteiger partial charge in [0, 0.05) is 18.6 Å². The molecule has 0 aromatic heterocycles. The van der Waals surface area contributed by atoms with Gasteiger partial charge in [-0.1, -0.05) is 34.1 Å². The average Bonchev–Trinajstić information content (AvgIpc) is 2.19. The minimum atomic E-state index is 0.354. The van der Waals surface area contributed by atoms with E-state index in [0.717, 1.165) is 12.6 Å². The van der Waals surface area contributed by atoms with Gasteiger partial charge in [0.25, 0.3) is 0 Å². The first-order chi connectivity index (χ1) is 7.45. The van der Waals surface area contributed by atoms with Gasteiger partial charge in [-0.25, -0.2) is 0 Å². The van der Waals surface area contributed by atoms with Crippen LogP contribution in [0, 0.1) is 5.41 Å². The number of piperidine rings is 1. The Morgan fingerprint density at radius 3 is 2.50 bits per heavy atom. The van der Waals surface area contributed by atoms with Gasteiger partial charge < -0.3 is 5.32 Å². The summed E-state index contributed by atoms with van der Waals surface area (Å²) in [5.74, 6) is 0. The van der Waals surface area contributed by atoms with Crippen molar-refractivity contribution < 1.29 is 0 Å². The summed E-state index contributed by atoms with van der Waals surface area (Å²) in [7, 11) is 0. The van der Waals surface area contributed by atoms with Gasteiger partial charge in [-0.05, 0) is 38.3 Å². The van der Waals surface area contributed by atoms with Crippen LogP contribution >= 0.6 is 0 Å². The maximum absolute atomic E-state index is 3.65. The molecular formula is C14H30N2. The van der Waals surface area contributed by atoms with Crippen LogP contribution in [0.25, 0.3) is 0 Å². The first kappa shape index (κ1) is 14.0. The van der Waals surface area contributed by atoms with Crippen LogP contribution in [0.2, 0.25) is 0 Å². The zero-order valence-electron chi connectivity index (χ0n) is 11.8. The molecule has 0 bridgehead atoms. The quantitative estimate of drug-likeness (QED) is 0.793. The van der Waals surface area contributed by atoms with E-state index in [1.807, 2.05) is 0 Å². The van der Waals surface area contributed by atoms with Crippen LogP contribution in [0.4, 0.5) is 0 Å². The van der Waals surface area contributed by atoms with E-state index < -0.39 is 0 Å². The topological polar surface area (TPSA) is 15.3 Å². The van der Waals surface area contributed by atoms with Crippen molar-refractivity contribution in [2.45, 2.75) is 66.0 Å². The molecule has 1 saturated heterocycles. The molecule has 2 nitrogen and oxygen atoms in total. The van der Waals surface area contributed by atoms with Crippen LogP contribution in [0.3, 0.4) is 0 Å². The van der Waals surface area contributed by atoms with Crippen molar-refractivity contribution in [3.8, 4) is 0 Å². The normalized spacial score (nSPS) is 25.7. The summed E-state index contributed by atoms with van der Waals surface area (Å²) < 4.78 is 0. The summed E-state index contributed by atoms with van der Waals surface area (Å²) >= 11 is 0. The second-order valence-electron chi connectivity index (χ2n) is 6.32. The Labute approximate surface area is 102 Å². The lowest BCUT2D eigenvalue weighted by molar-refractivity contribution is 0.113. The summed E-state index contributed by atoms with van der Waals surface area (Å²) in [6, 6.07) is 1.38. The Kier molecular flexibility index (Phi) is 5.26. The number of nitrogens with zero attached hydrogens (tertiary/aromatic N) is 1. The minimum Gasteiger partial charge on any atom is -0.312 e. The van der Waals surface area contributed by atoms with Crippen molar-refractivity contribution in [1.82, 2.24) is 10.2 Å². The predicted octanol–water partition coefficient (Wildman–Crippen LogP) is 2.89. The smallest absolute Gasteiger partial charge is 0.0243 e. The van der Waals surface area contributed by atoms with E-state index >= 15 is 0 Å². The minimum absolute atomic E-state index is 0.354. The van der Waals surface area contributed by atoms with Crippen LogP contribution in [0.15, 0.2) is 0 Å². The number of hydrogen-bond acceptors (Lipinski definition) is 2. The fraction of sp³-hybridized carbons (Fsp3) is 1.00. The molecule has 0 aromatic rings. The highest BCUT2D eigenvalue weighted by Crippen LogP contribution is 2.23. The van der Waals surface area contributed by atoms with E-state index in [-0.39, 0.29) is 0 Å². The molecular weight excluding hydrogens is 196 g/mol. The van der Waals surface area contributed by atoms with Crippen molar-refractivity contribution >= 4 is 0 Å². The van der Waals surface area contributed by atoms with E-state index in [9.17, 15) is 0 Å². The van der Waals surface area contributed by atoms with E-state index in [4.69, 9.17) is 0 Å². The highest BCUT2D eigenvalue weighted by molar-refractivity contribution is 4.85. The van der Waals surface area contributed by atoms with E-state index in [0.29, 0.717) is 11.5 Å². The van der Waals surface area contributed by atoms with Gasteiger partial charge in [0.2, 0.25) is 0 Å². The van der Waals surface area contributed by atoms with E-state index in [1.165, 1.54) is 32.4 Å². The number of nitrogens with one attached hydrogen (secondary N) is 1. The molecule has 1 aliphatic rings. The predicted molar refractivity (Wildman–Crippen MR) is 71.8 cm³/mol. The van der Waals surface area contributed by atoms with Gasteiger partial charge in [0.15, 0.2) is 0 Å². The molecule has 0 amide bonds. The molecule has 1 rings (SSSR count). The zero-order chi connectivity index (χ0) is 12.2. The van der Waals surface area contributed by atoms with Crippen LogP contribution in [0.5, 0.6) is 0 Å². The van der Waals surface area contributed by atoms with Crippen molar-refractivity contribution in [2.75, 3.05) is 19.6 Å². The number of likely N-dealkylation sites (tertiary alicyclic amines) is 1. The first-order valence-corrected chi connectivity index (χ1v) is 6.92. The standard InChI is InChI=1S/C14H30N2/c1-6-15-13(14(3,4)5)11-16-10-8-7-9-12(16)2/h12-13,15H,6-11H2,1-5H3. The van der Waals surface area contributed by atoms with Crippen LogP contribution in [0.1, 0.15) is 53.9 Å². The Hall–Kier alpha value is -0.0800. The van der Waals surface area contributed by atoms with Gasteiger partial charge in [-0.2, -0.15) is 0 Å². The molecule has 1 N–H and O–H groups in total. The van der Waals surface area contributed by atoms with Gasteiger partial charge in [0.05, 0.1) is 0 Å². The van der Waals surface area contributed by atoms with Crippen LogP contribution < -0.4 is 5.32 Å². The van der Waals surface area contributed by atoms with Gasteiger partial charge in [-0.15, -0.1) is 0 Å². The maximum Gasteiger partial charge on any atom is 0.0243 e. The third-order valence-corrected chi connectivity index (χ3v) is 3.85. The fourth-order valence-corrected chi connectivity index (χ4v) is 2.55. The molecule has 96 valence electrons. The molecule has 2 heteroatoms. The first-order valence-electron chi connectivity index (χ1n) is 6.92. The summed E-state index contributed by atoms with van der Waals surface area (Å²) in [4.78, 5) is 2.67. The molecule has 0 spiro atoms. The largest absolute Gasteiger partial charge is 0.312 e. The molecule has 1 fully saturated rings. The van der Waals surface area contributed by atoms with Crippen molar-refractivity contribution in [3.63, 3.8) is 0 Å². The summed E-state index contributed by atoms with van der Waals surface area (Å²) in [5, 5.41) is 3.65. The molecule has 0 radical (unpaired) electrons. The summed E-state index contributed by atoms with van der Waals surface area (Å²) in [6.07, 6.45) is 4.18. The lowest BCUT2D eigenvalue weighted by atomic mass is 9.85. The van der Waals surface area contributed by atoms with Gasteiger partial charge in [-0.3, -0.25) is 4.90 Å². The molecule has 0 aliphatic carbocycles. The number of rotatable bonds is 4. The average molecular weight is 226 g/mol. The second kappa shape index (κ2) is 6.02. The molecule has 2 atom stereocenters. The lowest BCUT2D eigenvalue weighted by Gasteiger charge is -2.40. The molecule has 2 unspecified atom stereocenters. The zero-order valence-corrected chi connectivity index (χ0v) is 11.8. The van der Waals surface area contributed by atoms with Crippen molar-refractivity contribution in [3.05, 3.63) is 0 Å². The SMILES string of the molecule is CCNC(CN1CCCCC1C)C(C)(C)C. The molecule has 16 heavy (non-hydrogen) atoms.